The predicted octanol–water partition coefficient (Wildman–Crippen LogP) is 1.74. The van der Waals surface area contributed by atoms with Crippen LogP contribution in [0.1, 0.15) is 24.6 Å². The van der Waals surface area contributed by atoms with Crippen molar-refractivity contribution in [1.29, 1.82) is 0 Å². The van der Waals surface area contributed by atoms with E-state index < -0.39 is 0 Å². The van der Waals surface area contributed by atoms with Crippen LogP contribution in [0.2, 0.25) is 0 Å². The fraction of sp³-hybridized carbons (Fsp3) is 0.643. The molecular weight excluding hydrogens is 228 g/mol. The SMILES string of the molecule is COC1CN(c2cc(CO)cc(C)n2)CCC1C. The highest BCUT2D eigenvalue weighted by molar-refractivity contribution is 5.43. The first kappa shape index (κ1) is 13.3. The maximum atomic E-state index is 9.25. The number of hydrogen-bond donors (Lipinski definition) is 1. The average Bonchev–Trinajstić information content (AvgIpc) is 2.38. The summed E-state index contributed by atoms with van der Waals surface area (Å²) in [6.07, 6.45) is 1.38. The summed E-state index contributed by atoms with van der Waals surface area (Å²) < 4.78 is 5.52. The summed E-state index contributed by atoms with van der Waals surface area (Å²) in [7, 11) is 1.77. The summed E-state index contributed by atoms with van der Waals surface area (Å²) in [5, 5.41) is 9.25. The molecule has 0 radical (unpaired) electrons. The maximum absolute atomic E-state index is 9.25. The first-order chi connectivity index (χ1) is 8.63. The lowest BCUT2D eigenvalue weighted by molar-refractivity contribution is 0.0496. The van der Waals surface area contributed by atoms with Gasteiger partial charge in [0.25, 0.3) is 0 Å². The lowest BCUT2D eigenvalue weighted by Crippen LogP contribution is -2.44. The molecule has 1 aromatic heterocycles. The Kier molecular flexibility index (Phi) is 4.19. The molecule has 2 unspecified atom stereocenters. The van der Waals surface area contributed by atoms with Crippen LogP contribution in [0, 0.1) is 12.8 Å². The van der Waals surface area contributed by atoms with E-state index in [0.29, 0.717) is 5.92 Å². The number of nitrogens with zero attached hydrogens (tertiary/aromatic N) is 2. The van der Waals surface area contributed by atoms with E-state index in [1.165, 1.54) is 0 Å². The van der Waals surface area contributed by atoms with Gasteiger partial charge in [-0.25, -0.2) is 4.98 Å². The number of aromatic nitrogens is 1. The highest BCUT2D eigenvalue weighted by Gasteiger charge is 2.26. The minimum Gasteiger partial charge on any atom is -0.392 e. The van der Waals surface area contributed by atoms with Gasteiger partial charge in [-0.3, -0.25) is 0 Å². The standard InChI is InChI=1S/C14H22N2O2/c1-10-4-5-16(8-13(10)18-3)14-7-12(9-17)6-11(2)15-14/h6-7,10,13,17H,4-5,8-9H2,1-3H3. The smallest absolute Gasteiger partial charge is 0.129 e. The molecule has 0 aromatic carbocycles. The molecule has 0 amide bonds. The second-order valence-corrected chi connectivity index (χ2v) is 5.12. The molecule has 1 aliphatic heterocycles. The number of hydrogen-bond acceptors (Lipinski definition) is 4. The second-order valence-electron chi connectivity index (χ2n) is 5.12. The van der Waals surface area contributed by atoms with Crippen LogP contribution in [0.4, 0.5) is 5.82 Å². The van der Waals surface area contributed by atoms with Gasteiger partial charge in [-0.2, -0.15) is 0 Å². The van der Waals surface area contributed by atoms with Gasteiger partial charge in [0.1, 0.15) is 5.82 Å². The number of anilines is 1. The van der Waals surface area contributed by atoms with E-state index in [4.69, 9.17) is 4.74 Å². The van der Waals surface area contributed by atoms with Crippen molar-refractivity contribution in [3.63, 3.8) is 0 Å². The summed E-state index contributed by atoms with van der Waals surface area (Å²) in [4.78, 5) is 6.81. The van der Waals surface area contributed by atoms with E-state index >= 15 is 0 Å². The van der Waals surface area contributed by atoms with Crippen molar-refractivity contribution in [1.82, 2.24) is 4.98 Å². The molecule has 0 spiro atoms. The largest absolute Gasteiger partial charge is 0.392 e. The van der Waals surface area contributed by atoms with Crippen molar-refractivity contribution >= 4 is 5.82 Å². The van der Waals surface area contributed by atoms with Crippen LogP contribution >= 0.6 is 0 Å². The number of aliphatic hydroxyl groups excluding tert-OH is 1. The van der Waals surface area contributed by atoms with Crippen LogP contribution in [-0.2, 0) is 11.3 Å². The molecule has 0 bridgehead atoms. The van der Waals surface area contributed by atoms with Gasteiger partial charge in [0, 0.05) is 25.9 Å². The van der Waals surface area contributed by atoms with Gasteiger partial charge in [-0.1, -0.05) is 6.92 Å². The fourth-order valence-corrected chi connectivity index (χ4v) is 2.52. The number of ether oxygens (including phenoxy) is 1. The third-order valence-electron chi connectivity index (χ3n) is 3.70. The van der Waals surface area contributed by atoms with E-state index in [9.17, 15) is 5.11 Å². The summed E-state index contributed by atoms with van der Waals surface area (Å²) >= 11 is 0. The Morgan fingerprint density at radius 1 is 1.50 bits per heavy atom. The van der Waals surface area contributed by atoms with Gasteiger partial charge >= 0.3 is 0 Å². The van der Waals surface area contributed by atoms with Gasteiger partial charge in [0.05, 0.1) is 12.7 Å². The minimum absolute atomic E-state index is 0.0638. The second kappa shape index (κ2) is 5.67. The van der Waals surface area contributed by atoms with Crippen molar-refractivity contribution in [2.24, 2.45) is 5.92 Å². The molecule has 1 fully saturated rings. The Morgan fingerprint density at radius 2 is 2.28 bits per heavy atom. The van der Waals surface area contributed by atoms with Crippen LogP contribution in [0.15, 0.2) is 12.1 Å². The molecule has 1 N–H and O–H groups in total. The van der Waals surface area contributed by atoms with Gasteiger partial charge < -0.3 is 14.7 Å². The van der Waals surface area contributed by atoms with Crippen LogP contribution in [0.5, 0.6) is 0 Å². The van der Waals surface area contributed by atoms with Crippen molar-refractivity contribution in [2.75, 3.05) is 25.1 Å². The van der Waals surface area contributed by atoms with Gasteiger partial charge in [-0.05, 0) is 37.0 Å². The molecule has 1 saturated heterocycles. The topological polar surface area (TPSA) is 45.6 Å². The fourth-order valence-electron chi connectivity index (χ4n) is 2.52. The summed E-state index contributed by atoms with van der Waals surface area (Å²) in [6.45, 7) is 6.13. The van der Waals surface area contributed by atoms with Crippen LogP contribution < -0.4 is 4.90 Å². The molecule has 100 valence electrons. The van der Waals surface area contributed by atoms with Gasteiger partial charge in [-0.15, -0.1) is 0 Å². The number of pyridine rings is 1. The summed E-state index contributed by atoms with van der Waals surface area (Å²) in [5.74, 6) is 1.54. The average molecular weight is 250 g/mol. The van der Waals surface area contributed by atoms with Crippen LogP contribution in [0.25, 0.3) is 0 Å². The lowest BCUT2D eigenvalue weighted by Gasteiger charge is -2.37. The Morgan fingerprint density at radius 3 is 2.94 bits per heavy atom. The number of aryl methyl sites for hydroxylation is 1. The zero-order chi connectivity index (χ0) is 13.1. The molecule has 1 aromatic rings. The minimum atomic E-state index is 0.0638. The van der Waals surface area contributed by atoms with Crippen LogP contribution in [-0.4, -0.2) is 36.4 Å². The molecule has 0 aliphatic carbocycles. The third kappa shape index (κ3) is 2.82. The Labute approximate surface area is 109 Å². The zero-order valence-corrected chi connectivity index (χ0v) is 11.4. The normalized spacial score (nSPS) is 24.3. The predicted molar refractivity (Wildman–Crippen MR) is 71.7 cm³/mol. The first-order valence-corrected chi connectivity index (χ1v) is 6.50. The quantitative estimate of drug-likeness (QED) is 0.887. The van der Waals surface area contributed by atoms with Crippen molar-refractivity contribution in [3.05, 3.63) is 23.4 Å². The molecule has 2 rings (SSSR count). The van der Waals surface area contributed by atoms with Crippen molar-refractivity contribution < 1.29 is 9.84 Å². The summed E-state index contributed by atoms with van der Waals surface area (Å²) in [6, 6.07) is 3.89. The Bertz CT molecular complexity index is 409. The van der Waals surface area contributed by atoms with Crippen molar-refractivity contribution in [2.45, 2.75) is 33.0 Å². The molecule has 18 heavy (non-hydrogen) atoms. The van der Waals surface area contributed by atoms with E-state index in [0.717, 1.165) is 36.6 Å². The van der Waals surface area contributed by atoms with Gasteiger partial charge in [0.15, 0.2) is 0 Å². The monoisotopic (exact) mass is 250 g/mol. The molecule has 2 atom stereocenters. The Hall–Kier alpha value is -1.13. The molecule has 1 aliphatic rings. The third-order valence-corrected chi connectivity index (χ3v) is 3.70. The molecular formula is C14H22N2O2. The van der Waals surface area contributed by atoms with E-state index in [2.05, 4.69) is 16.8 Å². The summed E-state index contributed by atoms with van der Waals surface area (Å²) in [5.41, 5.74) is 1.87. The van der Waals surface area contributed by atoms with E-state index in [1.807, 2.05) is 19.1 Å². The molecule has 0 saturated carbocycles. The van der Waals surface area contributed by atoms with Crippen molar-refractivity contribution in [3.8, 4) is 0 Å². The number of methoxy groups -OCH3 is 1. The number of piperidine rings is 1. The maximum Gasteiger partial charge on any atom is 0.129 e. The zero-order valence-electron chi connectivity index (χ0n) is 11.4. The lowest BCUT2D eigenvalue weighted by atomic mass is 9.96. The molecule has 4 nitrogen and oxygen atoms in total. The number of rotatable bonds is 3. The highest BCUT2D eigenvalue weighted by atomic mass is 16.5. The van der Waals surface area contributed by atoms with E-state index in [-0.39, 0.29) is 12.7 Å². The van der Waals surface area contributed by atoms with Gasteiger partial charge in [0.2, 0.25) is 0 Å². The molecule has 2 heterocycles. The van der Waals surface area contributed by atoms with E-state index in [1.54, 1.807) is 7.11 Å². The van der Waals surface area contributed by atoms with Crippen LogP contribution in [0.3, 0.4) is 0 Å². The molecule has 4 heteroatoms. The first-order valence-electron chi connectivity index (χ1n) is 6.50. The number of aliphatic hydroxyl groups is 1. The Balaban J connectivity index is 2.18. The highest BCUT2D eigenvalue weighted by Crippen LogP contribution is 2.24.